The molecule has 8 heteroatoms. The minimum absolute atomic E-state index is 0.00978. The predicted octanol–water partition coefficient (Wildman–Crippen LogP) is 2.81. The molecule has 1 atom stereocenters. The van der Waals surface area contributed by atoms with Crippen LogP contribution in [0.2, 0.25) is 5.02 Å². The maximum absolute atomic E-state index is 12.3. The Balaban J connectivity index is 1.71. The molecule has 0 radical (unpaired) electrons. The zero-order chi connectivity index (χ0) is 17.2. The summed E-state index contributed by atoms with van der Waals surface area (Å²) in [4.78, 5) is 24.9. The summed E-state index contributed by atoms with van der Waals surface area (Å²) < 4.78 is 12.8. The van der Waals surface area contributed by atoms with Gasteiger partial charge in [0.25, 0.3) is 5.56 Å². The molecule has 0 saturated carbocycles. The van der Waals surface area contributed by atoms with Crippen molar-refractivity contribution in [1.29, 1.82) is 0 Å². The predicted molar refractivity (Wildman–Crippen MR) is 92.1 cm³/mol. The zero-order valence-corrected chi connectivity index (χ0v) is 14.0. The fraction of sp³-hybridized carbons (Fsp3) is 0.294. The summed E-state index contributed by atoms with van der Waals surface area (Å²) in [6, 6.07) is 7.06. The zero-order valence-electron chi connectivity index (χ0n) is 13.3. The van der Waals surface area contributed by atoms with Crippen molar-refractivity contribution < 1.29 is 9.47 Å². The van der Waals surface area contributed by atoms with Crippen LogP contribution in [-0.4, -0.2) is 32.2 Å². The number of halogens is 1. The van der Waals surface area contributed by atoms with Gasteiger partial charge in [0.1, 0.15) is 11.3 Å². The average molecular weight is 359 g/mol. The van der Waals surface area contributed by atoms with Gasteiger partial charge < -0.3 is 9.47 Å². The molecule has 1 aromatic carbocycles. The normalized spacial score (nSPS) is 17.1. The van der Waals surface area contributed by atoms with E-state index >= 15 is 0 Å². The molecule has 3 aromatic rings. The first-order valence-corrected chi connectivity index (χ1v) is 8.34. The Bertz CT molecular complexity index is 970. The minimum Gasteiger partial charge on any atom is -0.424 e. The molecule has 0 unspecified atom stereocenters. The molecule has 25 heavy (non-hydrogen) atoms. The van der Waals surface area contributed by atoms with Crippen molar-refractivity contribution in [2.24, 2.45) is 0 Å². The van der Waals surface area contributed by atoms with Gasteiger partial charge in [-0.25, -0.2) is 9.97 Å². The third-order valence-electron chi connectivity index (χ3n) is 3.98. The van der Waals surface area contributed by atoms with E-state index in [2.05, 4.69) is 15.0 Å². The van der Waals surface area contributed by atoms with Gasteiger partial charge in [0, 0.05) is 11.6 Å². The fourth-order valence-corrected chi connectivity index (χ4v) is 2.97. The maximum Gasteiger partial charge on any atom is 0.324 e. The third-order valence-corrected chi connectivity index (χ3v) is 4.21. The number of benzene rings is 1. The lowest BCUT2D eigenvalue weighted by molar-refractivity contribution is 0.0970. The number of fused-ring (bicyclic) bond motifs is 1. The van der Waals surface area contributed by atoms with Gasteiger partial charge in [0.15, 0.2) is 5.65 Å². The lowest BCUT2D eigenvalue weighted by Gasteiger charge is -2.13. The van der Waals surface area contributed by atoms with Gasteiger partial charge in [0.2, 0.25) is 0 Å². The van der Waals surface area contributed by atoms with E-state index < -0.39 is 0 Å². The smallest absolute Gasteiger partial charge is 0.324 e. The molecule has 1 aliphatic heterocycles. The van der Waals surface area contributed by atoms with Crippen molar-refractivity contribution in [3.8, 4) is 11.8 Å². The molecule has 0 aliphatic carbocycles. The minimum atomic E-state index is -0.226. The Hall–Kier alpha value is -2.51. The van der Waals surface area contributed by atoms with Crippen LogP contribution in [0.3, 0.4) is 0 Å². The summed E-state index contributed by atoms with van der Waals surface area (Å²) >= 11 is 5.96. The summed E-state index contributed by atoms with van der Waals surface area (Å²) in [5.74, 6) is 0.517. The van der Waals surface area contributed by atoms with Crippen molar-refractivity contribution in [2.75, 3.05) is 6.61 Å². The van der Waals surface area contributed by atoms with E-state index in [1.807, 2.05) is 0 Å². The Morgan fingerprint density at radius 1 is 1.32 bits per heavy atom. The molecule has 2 aromatic heterocycles. The highest BCUT2D eigenvalue weighted by Gasteiger charge is 2.19. The molecule has 3 heterocycles. The van der Waals surface area contributed by atoms with E-state index in [4.69, 9.17) is 21.1 Å². The van der Waals surface area contributed by atoms with E-state index in [-0.39, 0.29) is 17.7 Å². The number of hydrogen-bond donors (Lipinski definition) is 0. The van der Waals surface area contributed by atoms with Gasteiger partial charge in [-0.05, 0) is 31.0 Å². The fourth-order valence-electron chi connectivity index (χ4n) is 2.79. The SMILES string of the molecule is O=c1cnc2cnc(Oc3cccc(Cl)c3)nc2n1C[C@H]1CCCO1. The van der Waals surface area contributed by atoms with Crippen LogP contribution in [0, 0.1) is 0 Å². The highest BCUT2D eigenvalue weighted by atomic mass is 35.5. The summed E-state index contributed by atoms with van der Waals surface area (Å²) in [7, 11) is 0. The molecule has 1 aliphatic rings. The summed E-state index contributed by atoms with van der Waals surface area (Å²) in [6.07, 6.45) is 4.75. The largest absolute Gasteiger partial charge is 0.424 e. The van der Waals surface area contributed by atoms with Crippen LogP contribution >= 0.6 is 11.6 Å². The number of ether oxygens (including phenoxy) is 2. The standard InChI is InChI=1S/C17H15ClN4O3/c18-11-3-1-4-12(7-11)25-17-20-8-14-16(21-17)22(15(23)9-19-14)10-13-5-2-6-24-13/h1,3-4,7-9,13H,2,5-6,10H2/t13-/m1/s1. The molecule has 0 N–H and O–H groups in total. The Morgan fingerprint density at radius 3 is 3.04 bits per heavy atom. The average Bonchev–Trinajstić information content (AvgIpc) is 3.11. The van der Waals surface area contributed by atoms with Crippen molar-refractivity contribution >= 4 is 22.8 Å². The van der Waals surface area contributed by atoms with Crippen molar-refractivity contribution in [1.82, 2.24) is 19.5 Å². The molecule has 0 spiro atoms. The number of rotatable bonds is 4. The van der Waals surface area contributed by atoms with Gasteiger partial charge in [0.05, 0.1) is 25.0 Å². The molecule has 1 saturated heterocycles. The first-order valence-electron chi connectivity index (χ1n) is 7.97. The summed E-state index contributed by atoms with van der Waals surface area (Å²) in [6.45, 7) is 1.16. The van der Waals surface area contributed by atoms with E-state index in [1.165, 1.54) is 12.4 Å². The summed E-state index contributed by atoms with van der Waals surface area (Å²) in [5.41, 5.74) is 0.724. The lowest BCUT2D eigenvalue weighted by atomic mass is 10.2. The number of hydrogen-bond acceptors (Lipinski definition) is 6. The lowest BCUT2D eigenvalue weighted by Crippen LogP contribution is -2.27. The Labute approximate surface area is 148 Å². The van der Waals surface area contributed by atoms with Gasteiger partial charge in [-0.15, -0.1) is 0 Å². The van der Waals surface area contributed by atoms with Gasteiger partial charge in [-0.3, -0.25) is 9.36 Å². The second-order valence-corrected chi connectivity index (χ2v) is 6.20. The molecule has 1 fully saturated rings. The van der Waals surface area contributed by atoms with Crippen LogP contribution in [0.25, 0.3) is 11.2 Å². The Morgan fingerprint density at radius 2 is 2.24 bits per heavy atom. The van der Waals surface area contributed by atoms with Crippen LogP contribution in [-0.2, 0) is 11.3 Å². The maximum atomic E-state index is 12.3. The molecular weight excluding hydrogens is 344 g/mol. The Kier molecular flexibility index (Phi) is 4.33. The van der Waals surface area contributed by atoms with Crippen LogP contribution in [0.4, 0.5) is 0 Å². The topological polar surface area (TPSA) is 79.1 Å². The molecule has 7 nitrogen and oxygen atoms in total. The van der Waals surface area contributed by atoms with Crippen molar-refractivity contribution in [3.05, 3.63) is 52.0 Å². The molecular formula is C17H15ClN4O3. The molecule has 0 bridgehead atoms. The third kappa shape index (κ3) is 3.47. The first kappa shape index (κ1) is 16.0. The molecule has 0 amide bonds. The monoisotopic (exact) mass is 358 g/mol. The van der Waals surface area contributed by atoms with Gasteiger partial charge in [-0.2, -0.15) is 4.98 Å². The molecule has 128 valence electrons. The highest BCUT2D eigenvalue weighted by Crippen LogP contribution is 2.22. The highest BCUT2D eigenvalue weighted by molar-refractivity contribution is 6.30. The van der Waals surface area contributed by atoms with Crippen LogP contribution in [0.5, 0.6) is 11.8 Å². The van der Waals surface area contributed by atoms with E-state index in [9.17, 15) is 4.79 Å². The molecule has 4 rings (SSSR count). The van der Waals surface area contributed by atoms with Crippen molar-refractivity contribution in [3.63, 3.8) is 0 Å². The van der Waals surface area contributed by atoms with Crippen LogP contribution in [0.15, 0.2) is 41.5 Å². The second kappa shape index (κ2) is 6.78. The quantitative estimate of drug-likeness (QED) is 0.713. The van der Waals surface area contributed by atoms with Gasteiger partial charge in [-0.1, -0.05) is 17.7 Å². The summed E-state index contributed by atoms with van der Waals surface area (Å²) in [5, 5.41) is 0.551. The van der Waals surface area contributed by atoms with Crippen LogP contribution in [0.1, 0.15) is 12.8 Å². The van der Waals surface area contributed by atoms with Crippen LogP contribution < -0.4 is 10.3 Å². The first-order chi connectivity index (χ1) is 12.2. The van der Waals surface area contributed by atoms with E-state index in [1.54, 1.807) is 28.8 Å². The van der Waals surface area contributed by atoms with E-state index in [0.717, 1.165) is 19.4 Å². The van der Waals surface area contributed by atoms with Gasteiger partial charge >= 0.3 is 6.01 Å². The number of aromatic nitrogens is 4. The second-order valence-electron chi connectivity index (χ2n) is 5.76. The van der Waals surface area contributed by atoms with E-state index in [0.29, 0.717) is 28.5 Å². The number of nitrogens with zero attached hydrogens (tertiary/aromatic N) is 4. The van der Waals surface area contributed by atoms with Crippen molar-refractivity contribution in [2.45, 2.75) is 25.5 Å².